The minimum absolute atomic E-state index is 0.0986. The van der Waals surface area contributed by atoms with Crippen LogP contribution < -0.4 is 0 Å². The quantitative estimate of drug-likeness (QED) is 0.938. The van der Waals surface area contributed by atoms with Crippen LogP contribution in [0.2, 0.25) is 0 Å². The topological polar surface area (TPSA) is 50.2 Å². The van der Waals surface area contributed by atoms with E-state index in [4.69, 9.17) is 5.11 Å². The SMILES string of the molecule is O=C(O)Cc1nc(C(F)(F)F)ccc1-c1ccccc1. The van der Waals surface area contributed by atoms with Gasteiger partial charge in [0.25, 0.3) is 0 Å². The van der Waals surface area contributed by atoms with E-state index in [0.717, 1.165) is 6.07 Å². The number of hydrogen-bond acceptors (Lipinski definition) is 2. The van der Waals surface area contributed by atoms with Gasteiger partial charge < -0.3 is 5.11 Å². The van der Waals surface area contributed by atoms with Gasteiger partial charge in [0.2, 0.25) is 0 Å². The lowest BCUT2D eigenvalue weighted by Crippen LogP contribution is -2.12. The van der Waals surface area contributed by atoms with Gasteiger partial charge in [-0.15, -0.1) is 0 Å². The molecule has 104 valence electrons. The fourth-order valence-corrected chi connectivity index (χ4v) is 1.82. The zero-order valence-corrected chi connectivity index (χ0v) is 10.2. The number of nitrogens with zero attached hydrogens (tertiary/aromatic N) is 1. The second kappa shape index (κ2) is 5.32. The summed E-state index contributed by atoms with van der Waals surface area (Å²) >= 11 is 0. The first-order valence-electron chi connectivity index (χ1n) is 5.72. The van der Waals surface area contributed by atoms with Crippen LogP contribution in [0, 0.1) is 0 Å². The molecule has 1 heterocycles. The molecule has 0 fully saturated rings. The number of carbonyl (C=O) groups is 1. The summed E-state index contributed by atoms with van der Waals surface area (Å²) in [6.45, 7) is 0. The molecule has 2 rings (SSSR count). The van der Waals surface area contributed by atoms with Crippen molar-refractivity contribution in [3.8, 4) is 11.1 Å². The number of halogens is 3. The number of hydrogen-bond donors (Lipinski definition) is 1. The molecular weight excluding hydrogens is 271 g/mol. The molecule has 1 aromatic carbocycles. The molecule has 2 aromatic rings. The molecule has 1 aromatic heterocycles. The maximum absolute atomic E-state index is 12.6. The summed E-state index contributed by atoms with van der Waals surface area (Å²) in [7, 11) is 0. The van der Waals surface area contributed by atoms with Gasteiger partial charge >= 0.3 is 12.1 Å². The van der Waals surface area contributed by atoms with Gasteiger partial charge in [-0.3, -0.25) is 4.79 Å². The standard InChI is InChI=1S/C14H10F3NO2/c15-14(16,17)12-7-6-10(9-4-2-1-3-5-9)11(18-12)8-13(19)20/h1-7H,8H2,(H,19,20). The molecule has 0 amide bonds. The van der Waals surface area contributed by atoms with E-state index in [2.05, 4.69) is 4.98 Å². The molecule has 0 aliphatic carbocycles. The molecule has 0 atom stereocenters. The molecule has 0 saturated carbocycles. The normalized spacial score (nSPS) is 11.3. The van der Waals surface area contributed by atoms with Gasteiger partial charge in [-0.25, -0.2) is 4.98 Å². The van der Waals surface area contributed by atoms with Crippen LogP contribution in [0.15, 0.2) is 42.5 Å². The number of aromatic nitrogens is 1. The van der Waals surface area contributed by atoms with Crippen molar-refractivity contribution in [2.75, 3.05) is 0 Å². The van der Waals surface area contributed by atoms with Crippen molar-refractivity contribution in [2.24, 2.45) is 0 Å². The lowest BCUT2D eigenvalue weighted by atomic mass is 10.0. The predicted molar refractivity (Wildman–Crippen MR) is 66.0 cm³/mol. The van der Waals surface area contributed by atoms with Gasteiger partial charge in [0.05, 0.1) is 12.1 Å². The van der Waals surface area contributed by atoms with E-state index in [1.54, 1.807) is 30.3 Å². The molecular formula is C14H10F3NO2. The maximum Gasteiger partial charge on any atom is 0.433 e. The van der Waals surface area contributed by atoms with Gasteiger partial charge in [-0.1, -0.05) is 36.4 Å². The Morgan fingerprint density at radius 3 is 2.30 bits per heavy atom. The minimum atomic E-state index is -4.59. The van der Waals surface area contributed by atoms with E-state index in [9.17, 15) is 18.0 Å². The Morgan fingerprint density at radius 2 is 1.75 bits per heavy atom. The smallest absolute Gasteiger partial charge is 0.433 e. The highest BCUT2D eigenvalue weighted by Crippen LogP contribution is 2.31. The van der Waals surface area contributed by atoms with E-state index < -0.39 is 24.3 Å². The van der Waals surface area contributed by atoms with E-state index in [1.807, 2.05) is 0 Å². The van der Waals surface area contributed by atoms with Crippen LogP contribution in [0.3, 0.4) is 0 Å². The van der Waals surface area contributed by atoms with Crippen LogP contribution in [0.4, 0.5) is 13.2 Å². The maximum atomic E-state index is 12.6. The predicted octanol–water partition coefficient (Wildman–Crippen LogP) is 3.39. The second-order valence-electron chi connectivity index (χ2n) is 4.13. The number of alkyl halides is 3. The summed E-state index contributed by atoms with van der Waals surface area (Å²) in [5.74, 6) is -1.23. The lowest BCUT2D eigenvalue weighted by Gasteiger charge is -2.11. The summed E-state index contributed by atoms with van der Waals surface area (Å²) in [6.07, 6.45) is -5.16. The molecule has 6 heteroatoms. The van der Waals surface area contributed by atoms with E-state index in [0.29, 0.717) is 11.1 Å². The summed E-state index contributed by atoms with van der Waals surface area (Å²) in [6, 6.07) is 10.7. The van der Waals surface area contributed by atoms with Crippen molar-refractivity contribution >= 4 is 5.97 Å². The third-order valence-corrected chi connectivity index (χ3v) is 2.67. The highest BCUT2D eigenvalue weighted by atomic mass is 19.4. The Bertz CT molecular complexity index is 624. The van der Waals surface area contributed by atoms with Crippen molar-refractivity contribution in [1.82, 2.24) is 4.98 Å². The molecule has 3 nitrogen and oxygen atoms in total. The highest BCUT2D eigenvalue weighted by molar-refractivity contribution is 5.75. The monoisotopic (exact) mass is 281 g/mol. The summed E-state index contributed by atoms with van der Waals surface area (Å²) in [5, 5.41) is 8.81. The van der Waals surface area contributed by atoms with Crippen molar-refractivity contribution in [3.05, 3.63) is 53.9 Å². The molecule has 0 saturated heterocycles. The van der Waals surface area contributed by atoms with Crippen molar-refractivity contribution in [3.63, 3.8) is 0 Å². The molecule has 0 unspecified atom stereocenters. The van der Waals surface area contributed by atoms with E-state index in [-0.39, 0.29) is 5.69 Å². The fourth-order valence-electron chi connectivity index (χ4n) is 1.82. The minimum Gasteiger partial charge on any atom is -0.481 e. The Labute approximate surface area is 112 Å². The van der Waals surface area contributed by atoms with Crippen LogP contribution in [0.5, 0.6) is 0 Å². The van der Waals surface area contributed by atoms with E-state index in [1.165, 1.54) is 6.07 Å². The van der Waals surface area contributed by atoms with Crippen molar-refractivity contribution < 1.29 is 23.1 Å². The summed E-state index contributed by atoms with van der Waals surface area (Å²) < 4.78 is 37.9. The number of pyridine rings is 1. The average molecular weight is 281 g/mol. The van der Waals surface area contributed by atoms with Crippen molar-refractivity contribution in [1.29, 1.82) is 0 Å². The second-order valence-corrected chi connectivity index (χ2v) is 4.13. The Hall–Kier alpha value is -2.37. The number of carboxylic acids is 1. The molecule has 0 radical (unpaired) electrons. The van der Waals surface area contributed by atoms with Crippen LogP contribution in [-0.2, 0) is 17.4 Å². The first kappa shape index (κ1) is 14.0. The summed E-state index contributed by atoms with van der Waals surface area (Å²) in [5.41, 5.74) is -0.169. The third-order valence-electron chi connectivity index (χ3n) is 2.67. The van der Waals surface area contributed by atoms with Crippen LogP contribution >= 0.6 is 0 Å². The molecule has 20 heavy (non-hydrogen) atoms. The third kappa shape index (κ3) is 3.14. The molecule has 1 N–H and O–H groups in total. The molecule has 0 spiro atoms. The van der Waals surface area contributed by atoms with Gasteiger partial charge in [0, 0.05) is 5.56 Å². The summed E-state index contributed by atoms with van der Waals surface area (Å²) in [4.78, 5) is 14.2. The van der Waals surface area contributed by atoms with Crippen molar-refractivity contribution in [2.45, 2.75) is 12.6 Å². The Kier molecular flexibility index (Phi) is 3.74. The van der Waals surface area contributed by atoms with E-state index >= 15 is 0 Å². The molecule has 0 bridgehead atoms. The Balaban J connectivity index is 2.54. The first-order valence-corrected chi connectivity index (χ1v) is 5.72. The first-order chi connectivity index (χ1) is 9.38. The van der Waals surface area contributed by atoms with Crippen LogP contribution in [0.25, 0.3) is 11.1 Å². The van der Waals surface area contributed by atoms with Crippen LogP contribution in [0.1, 0.15) is 11.4 Å². The van der Waals surface area contributed by atoms with Gasteiger partial charge in [0.1, 0.15) is 5.69 Å². The Morgan fingerprint density at radius 1 is 1.10 bits per heavy atom. The highest BCUT2D eigenvalue weighted by Gasteiger charge is 2.33. The van der Waals surface area contributed by atoms with Gasteiger partial charge in [-0.2, -0.15) is 13.2 Å². The van der Waals surface area contributed by atoms with Gasteiger partial charge in [-0.05, 0) is 11.6 Å². The van der Waals surface area contributed by atoms with Gasteiger partial charge in [0.15, 0.2) is 0 Å². The number of aliphatic carboxylic acids is 1. The van der Waals surface area contributed by atoms with Crippen LogP contribution in [-0.4, -0.2) is 16.1 Å². The zero-order valence-electron chi connectivity index (χ0n) is 10.2. The number of carboxylic acid groups (broad SMARTS) is 1. The fraction of sp³-hybridized carbons (Fsp3) is 0.143. The largest absolute Gasteiger partial charge is 0.481 e. The average Bonchev–Trinajstić information content (AvgIpc) is 2.38. The lowest BCUT2D eigenvalue weighted by molar-refractivity contribution is -0.142. The number of rotatable bonds is 3. The molecule has 0 aliphatic heterocycles. The molecule has 0 aliphatic rings. The zero-order chi connectivity index (χ0) is 14.8. The number of benzene rings is 1.